The van der Waals surface area contributed by atoms with Crippen LogP contribution in [0.3, 0.4) is 0 Å². The molecule has 3 rings (SSSR count). The molecule has 1 saturated heterocycles. The Morgan fingerprint density at radius 2 is 1.88 bits per heavy atom. The van der Waals surface area contributed by atoms with E-state index in [1.165, 1.54) is 23.9 Å². The highest BCUT2D eigenvalue weighted by Crippen LogP contribution is 2.38. The van der Waals surface area contributed by atoms with Gasteiger partial charge in [0.05, 0.1) is 22.3 Å². The topological polar surface area (TPSA) is 91.2 Å². The highest BCUT2D eigenvalue weighted by molar-refractivity contribution is 8.15. The molecule has 0 bridgehead atoms. The van der Waals surface area contributed by atoms with E-state index in [1.54, 1.807) is 29.2 Å². The zero-order valence-electron chi connectivity index (χ0n) is 18.3. The second kappa shape index (κ2) is 11.6. The van der Waals surface area contributed by atoms with E-state index in [0.29, 0.717) is 29.7 Å². The SMILES string of the molecule is CCCCN1C(=O)[C@@H](CC(=O)Nc2ccc(OCC)cc2)SC1=Nc1cc(Cl)c(O)c(Cl)c1. The van der Waals surface area contributed by atoms with Crippen molar-refractivity contribution < 1.29 is 19.4 Å². The first-order chi connectivity index (χ1) is 15.8. The number of nitrogens with one attached hydrogen (secondary N) is 1. The van der Waals surface area contributed by atoms with Crippen molar-refractivity contribution in [3.63, 3.8) is 0 Å². The number of phenolic OH excluding ortho intramolecular Hbond substituents is 1. The molecule has 0 aliphatic carbocycles. The van der Waals surface area contributed by atoms with Crippen LogP contribution in [0.1, 0.15) is 33.1 Å². The van der Waals surface area contributed by atoms with Crippen LogP contribution in [0.25, 0.3) is 0 Å². The van der Waals surface area contributed by atoms with Crippen LogP contribution in [0.2, 0.25) is 10.0 Å². The minimum atomic E-state index is -0.591. The summed E-state index contributed by atoms with van der Waals surface area (Å²) >= 11 is 13.2. The zero-order valence-corrected chi connectivity index (χ0v) is 20.6. The lowest BCUT2D eigenvalue weighted by Gasteiger charge is -2.16. The molecule has 7 nitrogen and oxygen atoms in total. The molecular formula is C23H25Cl2N3O4S. The van der Waals surface area contributed by atoms with Gasteiger partial charge in [-0.1, -0.05) is 48.3 Å². The largest absolute Gasteiger partial charge is 0.505 e. The van der Waals surface area contributed by atoms with Crippen LogP contribution >= 0.6 is 35.0 Å². The van der Waals surface area contributed by atoms with Gasteiger partial charge in [-0.05, 0) is 49.7 Å². The molecule has 2 aromatic carbocycles. The normalized spacial score (nSPS) is 17.0. The van der Waals surface area contributed by atoms with Crippen molar-refractivity contribution in [2.45, 2.75) is 38.4 Å². The van der Waals surface area contributed by atoms with E-state index in [1.807, 2.05) is 13.8 Å². The molecule has 0 saturated carbocycles. The van der Waals surface area contributed by atoms with Crippen LogP contribution in [-0.2, 0) is 9.59 Å². The van der Waals surface area contributed by atoms with Crippen LogP contribution in [0.5, 0.6) is 11.5 Å². The Kier molecular flexibility index (Phi) is 8.88. The van der Waals surface area contributed by atoms with Gasteiger partial charge >= 0.3 is 0 Å². The first-order valence-corrected chi connectivity index (χ1v) is 12.2. The maximum atomic E-state index is 13.0. The van der Waals surface area contributed by atoms with Crippen LogP contribution in [0, 0.1) is 0 Å². The van der Waals surface area contributed by atoms with Crippen LogP contribution < -0.4 is 10.1 Å². The third kappa shape index (κ3) is 6.56. The number of hydrogen-bond donors (Lipinski definition) is 2. The van der Waals surface area contributed by atoms with Gasteiger partial charge in [0.15, 0.2) is 10.9 Å². The molecular weight excluding hydrogens is 485 g/mol. The number of aliphatic imine (C=N–C) groups is 1. The monoisotopic (exact) mass is 509 g/mol. The Bertz CT molecular complexity index is 1020. The average molecular weight is 510 g/mol. The molecule has 1 heterocycles. The third-order valence-electron chi connectivity index (χ3n) is 4.80. The molecule has 1 fully saturated rings. The quantitative estimate of drug-likeness (QED) is 0.441. The summed E-state index contributed by atoms with van der Waals surface area (Å²) in [4.78, 5) is 31.8. The van der Waals surface area contributed by atoms with Gasteiger partial charge in [0.1, 0.15) is 11.0 Å². The van der Waals surface area contributed by atoms with Gasteiger partial charge in [0.25, 0.3) is 0 Å². The fraction of sp³-hybridized carbons (Fsp3) is 0.348. The first-order valence-electron chi connectivity index (χ1n) is 10.6. The molecule has 1 aliphatic rings. The van der Waals surface area contributed by atoms with Gasteiger partial charge in [-0.25, -0.2) is 4.99 Å². The minimum absolute atomic E-state index is 0.00937. The van der Waals surface area contributed by atoms with Crippen LogP contribution in [0.15, 0.2) is 41.4 Å². The molecule has 1 atom stereocenters. The Balaban J connectivity index is 1.73. The lowest BCUT2D eigenvalue weighted by Crippen LogP contribution is -2.34. The van der Waals surface area contributed by atoms with Crippen molar-refractivity contribution in [1.29, 1.82) is 0 Å². The Morgan fingerprint density at radius 3 is 2.48 bits per heavy atom. The van der Waals surface area contributed by atoms with E-state index in [2.05, 4.69) is 10.3 Å². The van der Waals surface area contributed by atoms with Gasteiger partial charge in [0, 0.05) is 18.7 Å². The number of benzene rings is 2. The fourth-order valence-corrected chi connectivity index (χ4v) is 4.82. The summed E-state index contributed by atoms with van der Waals surface area (Å²) in [5, 5.41) is 12.6. The number of anilines is 1. The number of amides is 2. The Morgan fingerprint density at radius 1 is 1.21 bits per heavy atom. The highest BCUT2D eigenvalue weighted by atomic mass is 35.5. The van der Waals surface area contributed by atoms with Gasteiger partial charge in [-0.15, -0.1) is 0 Å². The standard InChI is InChI=1S/C23H25Cl2N3O4S/c1-3-5-10-28-22(31)19(13-20(29)26-14-6-8-16(9-7-14)32-4-2)33-23(28)27-15-11-17(24)21(30)18(25)12-15/h6-9,11-12,19,30H,3-5,10,13H2,1-2H3,(H,26,29)/t19-/m1/s1. The van der Waals surface area contributed by atoms with Crippen molar-refractivity contribution in [1.82, 2.24) is 4.90 Å². The molecule has 0 radical (unpaired) electrons. The molecule has 2 N–H and O–H groups in total. The number of amidine groups is 1. The molecule has 2 aromatic rings. The lowest BCUT2D eigenvalue weighted by atomic mass is 10.2. The zero-order chi connectivity index (χ0) is 24.0. The number of nitrogens with zero attached hydrogens (tertiary/aromatic N) is 2. The van der Waals surface area contributed by atoms with E-state index in [9.17, 15) is 14.7 Å². The summed E-state index contributed by atoms with van der Waals surface area (Å²) in [6, 6.07) is 10.0. The number of thioether (sulfide) groups is 1. The smallest absolute Gasteiger partial charge is 0.242 e. The molecule has 1 aliphatic heterocycles. The number of carbonyl (C=O) groups excluding carboxylic acids is 2. The van der Waals surface area contributed by atoms with Crippen molar-refractivity contribution in [3.8, 4) is 11.5 Å². The maximum Gasteiger partial charge on any atom is 0.242 e. The summed E-state index contributed by atoms with van der Waals surface area (Å²) < 4.78 is 5.40. The summed E-state index contributed by atoms with van der Waals surface area (Å²) in [6.45, 7) is 5.00. The molecule has 0 unspecified atom stereocenters. The number of ether oxygens (including phenoxy) is 1. The van der Waals surface area contributed by atoms with E-state index < -0.39 is 5.25 Å². The number of halogens is 2. The summed E-state index contributed by atoms with van der Waals surface area (Å²) in [6.07, 6.45) is 1.71. The van der Waals surface area contributed by atoms with Crippen molar-refractivity contribution in [2.24, 2.45) is 4.99 Å². The Labute approximate surface area is 207 Å². The summed E-state index contributed by atoms with van der Waals surface area (Å²) in [5.74, 6) is 0.0745. The first kappa shape index (κ1) is 25.2. The maximum absolute atomic E-state index is 13.0. The van der Waals surface area contributed by atoms with E-state index in [4.69, 9.17) is 27.9 Å². The van der Waals surface area contributed by atoms with Gasteiger partial charge in [-0.3, -0.25) is 14.5 Å². The van der Waals surface area contributed by atoms with Gasteiger partial charge in [0.2, 0.25) is 11.8 Å². The predicted octanol–water partition coefficient (Wildman–Crippen LogP) is 5.86. The summed E-state index contributed by atoms with van der Waals surface area (Å²) in [5.41, 5.74) is 1.04. The van der Waals surface area contributed by atoms with Gasteiger partial charge < -0.3 is 15.2 Å². The lowest BCUT2D eigenvalue weighted by molar-refractivity contribution is -0.128. The van der Waals surface area contributed by atoms with Crippen molar-refractivity contribution >= 4 is 63.3 Å². The number of carbonyl (C=O) groups is 2. The molecule has 33 heavy (non-hydrogen) atoms. The molecule has 0 spiro atoms. The number of hydrogen-bond acceptors (Lipinski definition) is 6. The number of phenols is 1. The van der Waals surface area contributed by atoms with Crippen molar-refractivity contribution in [3.05, 3.63) is 46.4 Å². The average Bonchev–Trinajstić information content (AvgIpc) is 3.05. The van der Waals surface area contributed by atoms with Gasteiger partial charge in [-0.2, -0.15) is 0 Å². The number of rotatable bonds is 9. The molecule has 0 aromatic heterocycles. The van der Waals surface area contributed by atoms with E-state index >= 15 is 0 Å². The van der Waals surface area contributed by atoms with Crippen LogP contribution in [0.4, 0.5) is 11.4 Å². The highest BCUT2D eigenvalue weighted by Gasteiger charge is 2.38. The molecule has 10 heteroatoms. The Hall–Kier alpha value is -2.42. The van der Waals surface area contributed by atoms with Crippen LogP contribution in [-0.4, -0.2) is 45.4 Å². The predicted molar refractivity (Wildman–Crippen MR) is 134 cm³/mol. The molecule has 176 valence electrons. The summed E-state index contributed by atoms with van der Waals surface area (Å²) in [7, 11) is 0. The minimum Gasteiger partial charge on any atom is -0.505 e. The number of aromatic hydroxyl groups is 1. The molecule has 2 amide bonds. The van der Waals surface area contributed by atoms with E-state index in [-0.39, 0.29) is 34.0 Å². The van der Waals surface area contributed by atoms with E-state index in [0.717, 1.165) is 18.6 Å². The van der Waals surface area contributed by atoms with Crippen molar-refractivity contribution in [2.75, 3.05) is 18.5 Å². The second-order valence-corrected chi connectivity index (χ2v) is 9.30. The number of unbranched alkanes of at least 4 members (excludes halogenated alkanes) is 1. The third-order valence-corrected chi connectivity index (χ3v) is 6.55. The second-order valence-electron chi connectivity index (χ2n) is 7.31. The fourth-order valence-electron chi connectivity index (χ4n) is 3.16.